The van der Waals surface area contributed by atoms with Gasteiger partial charge in [0, 0.05) is 28.7 Å². The van der Waals surface area contributed by atoms with Crippen molar-refractivity contribution in [3.8, 4) is 0 Å². The van der Waals surface area contributed by atoms with Crippen LogP contribution in [0.2, 0.25) is 0 Å². The van der Waals surface area contributed by atoms with Gasteiger partial charge in [0.05, 0.1) is 17.6 Å². The molecule has 3 rings (SSSR count). The van der Waals surface area contributed by atoms with Gasteiger partial charge in [-0.05, 0) is 46.6 Å². The smallest absolute Gasteiger partial charge is 0.380 e. The number of methoxy groups -OCH3 is 1. The zero-order chi connectivity index (χ0) is 15.9. The third-order valence-electron chi connectivity index (χ3n) is 3.66. The molecule has 2 heterocycles. The molecule has 0 bridgehead atoms. The quantitative estimate of drug-likeness (QED) is 0.905. The van der Waals surface area contributed by atoms with Crippen molar-refractivity contribution in [2.24, 2.45) is 5.16 Å². The summed E-state index contributed by atoms with van der Waals surface area (Å²) < 4.78 is 5.87. The summed E-state index contributed by atoms with van der Waals surface area (Å²) in [5.74, 6) is -2.94. The van der Waals surface area contributed by atoms with Crippen molar-refractivity contribution in [3.05, 3.63) is 40.0 Å². The summed E-state index contributed by atoms with van der Waals surface area (Å²) in [5.41, 5.74) is 3.18. The highest BCUT2D eigenvalue weighted by atomic mass is 79.9. The Kier molecular flexibility index (Phi) is 3.62. The van der Waals surface area contributed by atoms with Crippen LogP contribution in [0.5, 0.6) is 0 Å². The lowest BCUT2D eigenvalue weighted by atomic mass is 9.97. The van der Waals surface area contributed by atoms with E-state index in [2.05, 4.69) is 26.1 Å². The number of hydrogen-bond donors (Lipinski definition) is 1. The molecule has 7 heteroatoms. The largest absolute Gasteiger partial charge is 0.476 e. The molecular weight excluding hydrogens is 352 g/mol. The molecule has 1 aromatic heterocycles. The SMILES string of the molecule is COC1(C(=O)O)CC(c2cc3cc(Br)cnc3cc2C)=NO1. The molecule has 1 aliphatic heterocycles. The predicted octanol–water partition coefficient (Wildman–Crippen LogP) is 2.86. The van der Waals surface area contributed by atoms with E-state index in [9.17, 15) is 9.90 Å². The molecule has 22 heavy (non-hydrogen) atoms. The minimum atomic E-state index is -1.74. The van der Waals surface area contributed by atoms with E-state index in [4.69, 9.17) is 9.57 Å². The second-order valence-electron chi connectivity index (χ2n) is 5.08. The summed E-state index contributed by atoms with van der Waals surface area (Å²) in [4.78, 5) is 20.7. The summed E-state index contributed by atoms with van der Waals surface area (Å²) in [6, 6.07) is 5.81. The van der Waals surface area contributed by atoms with Gasteiger partial charge in [-0.15, -0.1) is 0 Å². The average molecular weight is 365 g/mol. The number of benzene rings is 1. The first kappa shape index (κ1) is 14.9. The molecule has 1 unspecified atom stereocenters. The fraction of sp³-hybridized carbons (Fsp3) is 0.267. The van der Waals surface area contributed by atoms with Crippen molar-refractivity contribution in [2.75, 3.05) is 7.11 Å². The number of hydrogen-bond acceptors (Lipinski definition) is 5. The first-order valence-corrected chi connectivity index (χ1v) is 7.34. The molecule has 0 radical (unpaired) electrons. The number of fused-ring (bicyclic) bond motifs is 1. The zero-order valence-electron chi connectivity index (χ0n) is 12.0. The Bertz CT molecular complexity index is 805. The van der Waals surface area contributed by atoms with Crippen LogP contribution in [0, 0.1) is 6.92 Å². The van der Waals surface area contributed by atoms with Crippen LogP contribution in [-0.2, 0) is 14.4 Å². The van der Waals surface area contributed by atoms with Crippen molar-refractivity contribution in [2.45, 2.75) is 19.1 Å². The number of carbonyl (C=O) groups is 1. The second kappa shape index (κ2) is 5.33. The average Bonchev–Trinajstić information content (AvgIpc) is 2.92. The molecule has 0 fully saturated rings. The summed E-state index contributed by atoms with van der Waals surface area (Å²) >= 11 is 3.39. The van der Waals surface area contributed by atoms with Crippen LogP contribution < -0.4 is 0 Å². The number of aromatic nitrogens is 1. The van der Waals surface area contributed by atoms with Crippen LogP contribution >= 0.6 is 15.9 Å². The van der Waals surface area contributed by atoms with Gasteiger partial charge in [0.1, 0.15) is 0 Å². The van der Waals surface area contributed by atoms with Gasteiger partial charge in [-0.1, -0.05) is 5.16 Å². The van der Waals surface area contributed by atoms with Crippen molar-refractivity contribution in [1.82, 2.24) is 4.98 Å². The topological polar surface area (TPSA) is 81.0 Å². The number of aliphatic carboxylic acids is 1. The molecule has 0 aliphatic carbocycles. The van der Waals surface area contributed by atoms with Crippen LogP contribution in [0.1, 0.15) is 17.5 Å². The second-order valence-corrected chi connectivity index (χ2v) is 6.00. The van der Waals surface area contributed by atoms with Gasteiger partial charge >= 0.3 is 11.8 Å². The lowest BCUT2D eigenvalue weighted by Gasteiger charge is -2.18. The first-order chi connectivity index (χ1) is 10.4. The minimum absolute atomic E-state index is 0.0482. The van der Waals surface area contributed by atoms with Crippen LogP contribution in [-0.4, -0.2) is 34.7 Å². The maximum absolute atomic E-state index is 11.3. The van der Waals surface area contributed by atoms with Gasteiger partial charge in [0.15, 0.2) is 0 Å². The van der Waals surface area contributed by atoms with Crippen molar-refractivity contribution < 1.29 is 19.5 Å². The van der Waals surface area contributed by atoms with Gasteiger partial charge in [-0.25, -0.2) is 4.79 Å². The summed E-state index contributed by atoms with van der Waals surface area (Å²) in [7, 11) is 1.29. The summed E-state index contributed by atoms with van der Waals surface area (Å²) in [6.07, 6.45) is 1.78. The number of halogens is 1. The van der Waals surface area contributed by atoms with E-state index in [1.54, 1.807) is 6.20 Å². The van der Waals surface area contributed by atoms with E-state index in [1.165, 1.54) is 7.11 Å². The van der Waals surface area contributed by atoms with Gasteiger partial charge in [0.2, 0.25) is 0 Å². The van der Waals surface area contributed by atoms with Crippen LogP contribution in [0.15, 0.2) is 34.0 Å². The number of carboxylic acid groups (broad SMARTS) is 1. The fourth-order valence-electron chi connectivity index (χ4n) is 2.43. The highest BCUT2D eigenvalue weighted by Crippen LogP contribution is 2.30. The molecule has 6 nitrogen and oxygen atoms in total. The molecule has 1 N–H and O–H groups in total. The van der Waals surface area contributed by atoms with E-state index >= 15 is 0 Å². The van der Waals surface area contributed by atoms with E-state index in [1.807, 2.05) is 25.1 Å². The first-order valence-electron chi connectivity index (χ1n) is 6.55. The lowest BCUT2D eigenvalue weighted by Crippen LogP contribution is -2.40. The highest BCUT2D eigenvalue weighted by molar-refractivity contribution is 9.10. The maximum Gasteiger partial charge on any atom is 0.380 e. The number of carboxylic acids is 1. The van der Waals surface area contributed by atoms with Crippen molar-refractivity contribution >= 4 is 38.5 Å². The van der Waals surface area contributed by atoms with Gasteiger partial charge < -0.3 is 14.7 Å². The number of oxime groups is 1. The Morgan fingerprint density at radius 3 is 2.86 bits per heavy atom. The number of ether oxygens (including phenoxy) is 1. The maximum atomic E-state index is 11.3. The molecule has 2 aromatic rings. The third kappa shape index (κ3) is 2.36. The van der Waals surface area contributed by atoms with E-state index in [0.717, 1.165) is 26.5 Å². The Morgan fingerprint density at radius 1 is 1.45 bits per heavy atom. The van der Waals surface area contributed by atoms with Crippen LogP contribution in [0.3, 0.4) is 0 Å². The molecule has 114 valence electrons. The lowest BCUT2D eigenvalue weighted by molar-refractivity contribution is -0.224. The normalized spacial score (nSPS) is 20.8. The monoisotopic (exact) mass is 364 g/mol. The number of aryl methyl sites for hydroxylation is 1. The number of nitrogens with zero attached hydrogens (tertiary/aromatic N) is 2. The molecule has 1 aliphatic rings. The Balaban J connectivity index is 2.04. The molecule has 1 aromatic carbocycles. The standard InChI is InChI=1S/C15H13BrN2O4/c1-8-3-12-9(4-10(16)7-17-12)5-11(8)13-6-15(21-2,14(19)20)22-18-13/h3-5,7H,6H2,1-2H3,(H,19,20). The highest BCUT2D eigenvalue weighted by Gasteiger charge is 2.48. The van der Waals surface area contributed by atoms with Crippen LogP contribution in [0.25, 0.3) is 10.9 Å². The molecule has 0 saturated carbocycles. The molecule has 1 atom stereocenters. The predicted molar refractivity (Wildman–Crippen MR) is 83.8 cm³/mol. The fourth-order valence-corrected chi connectivity index (χ4v) is 2.78. The Labute approximate surface area is 134 Å². The van der Waals surface area contributed by atoms with Gasteiger partial charge in [-0.3, -0.25) is 4.98 Å². The van der Waals surface area contributed by atoms with Gasteiger partial charge in [0.25, 0.3) is 0 Å². The Hall–Kier alpha value is -1.99. The molecule has 0 spiro atoms. The molecular formula is C15H13BrN2O4. The molecule has 0 amide bonds. The summed E-state index contributed by atoms with van der Waals surface area (Å²) in [6.45, 7) is 1.93. The van der Waals surface area contributed by atoms with E-state index in [0.29, 0.717) is 5.71 Å². The zero-order valence-corrected chi connectivity index (χ0v) is 13.5. The van der Waals surface area contributed by atoms with Gasteiger partial charge in [-0.2, -0.15) is 0 Å². The van der Waals surface area contributed by atoms with E-state index < -0.39 is 11.8 Å². The van der Waals surface area contributed by atoms with E-state index in [-0.39, 0.29) is 6.42 Å². The minimum Gasteiger partial charge on any atom is -0.476 e. The van der Waals surface area contributed by atoms with Crippen molar-refractivity contribution in [1.29, 1.82) is 0 Å². The third-order valence-corrected chi connectivity index (χ3v) is 4.10. The summed E-state index contributed by atoms with van der Waals surface area (Å²) in [5, 5.41) is 14.1. The number of pyridine rings is 1. The molecule has 0 saturated heterocycles. The number of rotatable bonds is 3. The van der Waals surface area contributed by atoms with Crippen LogP contribution in [0.4, 0.5) is 0 Å². The Morgan fingerprint density at radius 2 is 2.23 bits per heavy atom. The van der Waals surface area contributed by atoms with Crippen molar-refractivity contribution in [3.63, 3.8) is 0 Å².